The first-order valence-corrected chi connectivity index (χ1v) is 5.91. The highest BCUT2D eigenvalue weighted by Gasteiger charge is 2.20. The van der Waals surface area contributed by atoms with Crippen LogP contribution in [0, 0.1) is 17.2 Å². The van der Waals surface area contributed by atoms with Crippen LogP contribution in [-0.2, 0) is 4.74 Å². The van der Waals surface area contributed by atoms with E-state index in [0.29, 0.717) is 24.4 Å². The molecule has 0 spiro atoms. The first kappa shape index (κ1) is 11.7. The lowest BCUT2D eigenvalue weighted by atomic mass is 10.2. The second-order valence-corrected chi connectivity index (χ2v) is 4.36. The predicted octanol–water partition coefficient (Wildman–Crippen LogP) is 1.98. The van der Waals surface area contributed by atoms with Gasteiger partial charge in [0.1, 0.15) is 6.07 Å². The summed E-state index contributed by atoms with van der Waals surface area (Å²) in [6.45, 7) is 2.26. The number of nitrogens with two attached hydrogens (primary N) is 1. The van der Waals surface area contributed by atoms with Gasteiger partial charge in [-0.15, -0.1) is 0 Å². The Bertz CT molecular complexity index is 421. The summed E-state index contributed by atoms with van der Waals surface area (Å²) in [6, 6.07) is 7.41. The van der Waals surface area contributed by atoms with Gasteiger partial charge in [0.25, 0.3) is 0 Å². The summed E-state index contributed by atoms with van der Waals surface area (Å²) in [5.74, 6) is 0.793. The topological polar surface area (TPSA) is 71.1 Å². The normalized spacial score (nSPS) is 14.3. The Morgan fingerprint density at radius 1 is 1.47 bits per heavy atom. The summed E-state index contributed by atoms with van der Waals surface area (Å²) < 4.78 is 5.51. The van der Waals surface area contributed by atoms with E-state index in [1.165, 1.54) is 12.8 Å². The van der Waals surface area contributed by atoms with Gasteiger partial charge < -0.3 is 15.8 Å². The molecule has 1 saturated carbocycles. The zero-order valence-corrected chi connectivity index (χ0v) is 9.78. The second kappa shape index (κ2) is 5.55. The van der Waals surface area contributed by atoms with Crippen LogP contribution in [0.15, 0.2) is 18.2 Å². The van der Waals surface area contributed by atoms with Crippen LogP contribution in [0.3, 0.4) is 0 Å². The van der Waals surface area contributed by atoms with Gasteiger partial charge in [-0.1, -0.05) is 0 Å². The zero-order valence-electron chi connectivity index (χ0n) is 9.78. The van der Waals surface area contributed by atoms with Crippen LogP contribution in [0.1, 0.15) is 18.4 Å². The van der Waals surface area contributed by atoms with E-state index < -0.39 is 0 Å². The maximum absolute atomic E-state index is 8.95. The highest BCUT2D eigenvalue weighted by atomic mass is 16.5. The highest BCUT2D eigenvalue weighted by molar-refractivity contribution is 5.62. The van der Waals surface area contributed by atoms with Crippen molar-refractivity contribution in [3.63, 3.8) is 0 Å². The van der Waals surface area contributed by atoms with Crippen molar-refractivity contribution in [3.8, 4) is 6.07 Å². The van der Waals surface area contributed by atoms with Gasteiger partial charge >= 0.3 is 0 Å². The molecule has 17 heavy (non-hydrogen) atoms. The van der Waals surface area contributed by atoms with Crippen molar-refractivity contribution in [2.24, 2.45) is 5.92 Å². The Labute approximate surface area is 101 Å². The fraction of sp³-hybridized carbons (Fsp3) is 0.462. The van der Waals surface area contributed by atoms with Crippen molar-refractivity contribution >= 4 is 11.4 Å². The predicted molar refractivity (Wildman–Crippen MR) is 67.6 cm³/mol. The van der Waals surface area contributed by atoms with Crippen molar-refractivity contribution in [1.82, 2.24) is 0 Å². The zero-order chi connectivity index (χ0) is 12.1. The molecule has 4 nitrogen and oxygen atoms in total. The summed E-state index contributed by atoms with van der Waals surface area (Å²) in [5, 5.41) is 12.1. The number of nitrogens with zero attached hydrogens (tertiary/aromatic N) is 1. The molecule has 0 bridgehead atoms. The van der Waals surface area contributed by atoms with Gasteiger partial charge in [-0.2, -0.15) is 5.26 Å². The summed E-state index contributed by atoms with van der Waals surface area (Å²) in [6.07, 6.45) is 2.62. The molecule has 90 valence electrons. The summed E-state index contributed by atoms with van der Waals surface area (Å²) in [7, 11) is 0. The summed E-state index contributed by atoms with van der Waals surface area (Å²) in [4.78, 5) is 0. The highest BCUT2D eigenvalue weighted by Crippen LogP contribution is 2.28. The fourth-order valence-corrected chi connectivity index (χ4v) is 1.60. The van der Waals surface area contributed by atoms with Crippen molar-refractivity contribution in [1.29, 1.82) is 5.26 Å². The Morgan fingerprint density at radius 2 is 2.29 bits per heavy atom. The number of rotatable bonds is 6. The minimum absolute atomic E-state index is 0.576. The van der Waals surface area contributed by atoms with Crippen LogP contribution in [0.4, 0.5) is 11.4 Å². The molecule has 1 aliphatic rings. The molecule has 2 rings (SSSR count). The molecule has 0 saturated heterocycles. The molecule has 4 heteroatoms. The molecule has 1 aromatic rings. The van der Waals surface area contributed by atoms with Gasteiger partial charge in [-0.05, 0) is 37.0 Å². The molecular weight excluding hydrogens is 214 g/mol. The van der Waals surface area contributed by atoms with E-state index in [1.807, 2.05) is 6.07 Å². The second-order valence-electron chi connectivity index (χ2n) is 4.36. The molecular formula is C13H17N3O. The Kier molecular flexibility index (Phi) is 3.84. The number of ether oxygens (including phenoxy) is 1. The monoisotopic (exact) mass is 231 g/mol. The maximum atomic E-state index is 8.95. The van der Waals surface area contributed by atoms with Crippen LogP contribution < -0.4 is 11.1 Å². The molecule has 3 N–H and O–H groups in total. The van der Waals surface area contributed by atoms with Crippen LogP contribution in [0.25, 0.3) is 0 Å². The molecule has 0 heterocycles. The minimum atomic E-state index is 0.576. The average molecular weight is 231 g/mol. The van der Waals surface area contributed by atoms with E-state index in [4.69, 9.17) is 15.7 Å². The number of nitrogen functional groups attached to an aromatic ring is 1. The summed E-state index contributed by atoms with van der Waals surface area (Å²) in [5.41, 5.74) is 7.62. The number of anilines is 2. The Morgan fingerprint density at radius 3 is 3.00 bits per heavy atom. The molecule has 1 fully saturated rings. The Hall–Kier alpha value is -1.73. The van der Waals surface area contributed by atoms with Gasteiger partial charge in [0.15, 0.2) is 0 Å². The molecule has 0 radical (unpaired) electrons. The van der Waals surface area contributed by atoms with Crippen molar-refractivity contribution in [2.75, 3.05) is 30.8 Å². The lowest BCUT2D eigenvalue weighted by molar-refractivity contribution is 0.134. The lowest BCUT2D eigenvalue weighted by Gasteiger charge is -2.09. The minimum Gasteiger partial charge on any atom is -0.399 e. The van der Waals surface area contributed by atoms with Crippen LogP contribution in [0.5, 0.6) is 0 Å². The summed E-state index contributed by atoms with van der Waals surface area (Å²) >= 11 is 0. The molecule has 1 aromatic carbocycles. The molecule has 0 unspecified atom stereocenters. The van der Waals surface area contributed by atoms with Crippen molar-refractivity contribution < 1.29 is 4.74 Å². The van der Waals surface area contributed by atoms with Crippen molar-refractivity contribution in [2.45, 2.75) is 12.8 Å². The smallest absolute Gasteiger partial charge is 0.101 e. The third-order valence-electron chi connectivity index (χ3n) is 2.78. The number of nitrogens with one attached hydrogen (secondary N) is 1. The van der Waals surface area contributed by atoms with E-state index in [0.717, 1.165) is 18.2 Å². The largest absolute Gasteiger partial charge is 0.399 e. The van der Waals surface area contributed by atoms with E-state index in [1.54, 1.807) is 12.1 Å². The van der Waals surface area contributed by atoms with E-state index in [9.17, 15) is 0 Å². The molecule has 0 aliphatic heterocycles. The van der Waals surface area contributed by atoms with Gasteiger partial charge in [-0.25, -0.2) is 0 Å². The quantitative estimate of drug-likeness (QED) is 0.580. The van der Waals surface area contributed by atoms with Crippen LogP contribution in [-0.4, -0.2) is 19.8 Å². The van der Waals surface area contributed by atoms with Gasteiger partial charge in [0.05, 0.1) is 17.9 Å². The first-order valence-electron chi connectivity index (χ1n) is 5.91. The first-order chi connectivity index (χ1) is 8.29. The average Bonchev–Trinajstić information content (AvgIpc) is 3.14. The molecule has 0 atom stereocenters. The fourth-order valence-electron chi connectivity index (χ4n) is 1.60. The van der Waals surface area contributed by atoms with E-state index in [-0.39, 0.29) is 0 Å². The van der Waals surface area contributed by atoms with Gasteiger partial charge in [-0.3, -0.25) is 0 Å². The molecule has 0 aromatic heterocycles. The standard InChI is InChI=1S/C13H17N3O/c14-8-11-7-12(15)3-4-13(11)16-5-6-17-9-10-1-2-10/h3-4,7,10,16H,1-2,5-6,9,15H2. The molecule has 1 aliphatic carbocycles. The van der Waals surface area contributed by atoms with Crippen molar-refractivity contribution in [3.05, 3.63) is 23.8 Å². The third-order valence-corrected chi connectivity index (χ3v) is 2.78. The third kappa shape index (κ3) is 3.65. The SMILES string of the molecule is N#Cc1cc(N)ccc1NCCOCC1CC1. The number of nitriles is 1. The van der Waals surface area contributed by atoms with Gasteiger partial charge in [0.2, 0.25) is 0 Å². The lowest BCUT2D eigenvalue weighted by Crippen LogP contribution is -2.11. The Balaban J connectivity index is 1.75. The van der Waals surface area contributed by atoms with Crippen LogP contribution >= 0.6 is 0 Å². The van der Waals surface area contributed by atoms with E-state index in [2.05, 4.69) is 11.4 Å². The maximum Gasteiger partial charge on any atom is 0.101 e. The van der Waals surface area contributed by atoms with Gasteiger partial charge in [0, 0.05) is 18.8 Å². The number of hydrogen-bond acceptors (Lipinski definition) is 4. The van der Waals surface area contributed by atoms with Crippen LogP contribution in [0.2, 0.25) is 0 Å². The number of hydrogen-bond donors (Lipinski definition) is 2. The van der Waals surface area contributed by atoms with E-state index >= 15 is 0 Å². The molecule has 0 amide bonds. The number of benzene rings is 1.